The average Bonchev–Trinajstić information content (AvgIpc) is 3.29. The number of halogens is 1. The van der Waals surface area contributed by atoms with Crippen LogP contribution in [0.1, 0.15) is 99.6 Å². The second-order valence-corrected chi connectivity index (χ2v) is 11.1. The molecule has 1 unspecified atom stereocenters. The smallest absolute Gasteiger partial charge is 0.224 e. The number of rotatable bonds is 5. The highest BCUT2D eigenvalue weighted by Crippen LogP contribution is 2.45. The third-order valence-electron chi connectivity index (χ3n) is 8.82. The highest BCUT2D eigenvalue weighted by atomic mass is 19.1. The molecule has 1 atom stereocenters. The van der Waals surface area contributed by atoms with Gasteiger partial charge in [0.25, 0.3) is 0 Å². The topological polar surface area (TPSA) is 71.8 Å². The van der Waals surface area contributed by atoms with Gasteiger partial charge in [-0.05, 0) is 64.0 Å². The summed E-state index contributed by atoms with van der Waals surface area (Å²) in [5.41, 5.74) is 2.49. The van der Waals surface area contributed by atoms with Gasteiger partial charge >= 0.3 is 0 Å². The van der Waals surface area contributed by atoms with E-state index in [4.69, 9.17) is 4.98 Å². The normalized spacial score (nSPS) is 24.6. The van der Waals surface area contributed by atoms with Gasteiger partial charge in [0.15, 0.2) is 5.78 Å². The lowest BCUT2D eigenvalue weighted by molar-refractivity contribution is 0.0852. The molecule has 1 aromatic carbocycles. The molecule has 0 radical (unpaired) electrons. The lowest BCUT2D eigenvalue weighted by Crippen LogP contribution is -2.41. The molecule has 36 heavy (non-hydrogen) atoms. The van der Waals surface area contributed by atoms with Crippen molar-refractivity contribution < 1.29 is 9.18 Å². The molecule has 190 valence electrons. The van der Waals surface area contributed by atoms with Crippen LogP contribution in [0.4, 0.5) is 10.3 Å². The molecule has 0 amide bonds. The minimum Gasteiger partial charge on any atom is -0.351 e. The number of carbonyl (C=O) groups is 1. The first-order valence-electron chi connectivity index (χ1n) is 13.7. The van der Waals surface area contributed by atoms with Gasteiger partial charge in [-0.3, -0.25) is 4.79 Å². The van der Waals surface area contributed by atoms with E-state index in [0.29, 0.717) is 24.5 Å². The monoisotopic (exact) mass is 489 g/mol. The molecule has 2 aromatic heterocycles. The van der Waals surface area contributed by atoms with Crippen LogP contribution in [0, 0.1) is 5.82 Å². The molecule has 2 saturated carbocycles. The van der Waals surface area contributed by atoms with Gasteiger partial charge in [-0.25, -0.2) is 9.37 Å². The second-order valence-electron chi connectivity index (χ2n) is 11.1. The fourth-order valence-electron chi connectivity index (χ4n) is 6.87. The van der Waals surface area contributed by atoms with E-state index in [2.05, 4.69) is 20.2 Å². The van der Waals surface area contributed by atoms with E-state index in [1.165, 1.54) is 25.3 Å². The molecule has 2 fully saturated rings. The number of fused-ring (bicyclic) bond motifs is 4. The van der Waals surface area contributed by atoms with Gasteiger partial charge in [0.1, 0.15) is 11.5 Å². The highest BCUT2D eigenvalue weighted by Gasteiger charge is 2.41. The van der Waals surface area contributed by atoms with Gasteiger partial charge in [0.05, 0.1) is 5.69 Å². The fraction of sp³-hybridized carbons (Fsp3) is 0.552. The summed E-state index contributed by atoms with van der Waals surface area (Å²) in [7, 11) is 0. The minimum atomic E-state index is -0.148. The van der Waals surface area contributed by atoms with Gasteiger partial charge in [-0.1, -0.05) is 37.5 Å². The Hall–Kier alpha value is -2.80. The lowest BCUT2D eigenvalue weighted by Gasteiger charge is -2.42. The van der Waals surface area contributed by atoms with Crippen molar-refractivity contribution in [1.82, 2.24) is 19.9 Å². The van der Waals surface area contributed by atoms with Crippen molar-refractivity contribution in [3.05, 3.63) is 53.6 Å². The molecule has 1 spiro atoms. The van der Waals surface area contributed by atoms with Crippen LogP contribution in [0.5, 0.6) is 0 Å². The molecule has 3 heterocycles. The summed E-state index contributed by atoms with van der Waals surface area (Å²) in [6.45, 7) is 2.04. The Morgan fingerprint density at radius 3 is 2.58 bits per heavy atom. The van der Waals surface area contributed by atoms with Gasteiger partial charge in [-0.2, -0.15) is 4.98 Å². The summed E-state index contributed by atoms with van der Waals surface area (Å²) in [4.78, 5) is 22.4. The zero-order chi connectivity index (χ0) is 24.7. The largest absolute Gasteiger partial charge is 0.351 e. The molecule has 3 aliphatic rings. The van der Waals surface area contributed by atoms with Gasteiger partial charge < -0.3 is 15.2 Å². The SMILES string of the molecule is CC(NC1CCC(Nc2ncc3cc4n(c3n2)C2(CCCCC2)CCC4=O)CC1)c1ccccc1F. The summed E-state index contributed by atoms with van der Waals surface area (Å²) in [6.07, 6.45) is 13.5. The predicted molar refractivity (Wildman–Crippen MR) is 140 cm³/mol. The van der Waals surface area contributed by atoms with Crippen molar-refractivity contribution in [3.63, 3.8) is 0 Å². The Kier molecular flexibility index (Phi) is 6.28. The third-order valence-corrected chi connectivity index (χ3v) is 8.82. The Morgan fingerprint density at radius 2 is 1.81 bits per heavy atom. The molecule has 2 aliphatic carbocycles. The van der Waals surface area contributed by atoms with Crippen LogP contribution >= 0.6 is 0 Å². The number of hydrogen-bond acceptors (Lipinski definition) is 5. The number of anilines is 1. The summed E-state index contributed by atoms with van der Waals surface area (Å²) >= 11 is 0. The molecule has 0 saturated heterocycles. The Balaban J connectivity index is 1.15. The maximum absolute atomic E-state index is 14.1. The fourth-order valence-corrected chi connectivity index (χ4v) is 6.87. The van der Waals surface area contributed by atoms with E-state index in [0.717, 1.165) is 67.2 Å². The number of Topliss-reactive ketones (excluding diaryl/α,β-unsaturated/α-hetero) is 1. The Morgan fingerprint density at radius 1 is 1.06 bits per heavy atom. The van der Waals surface area contributed by atoms with Crippen molar-refractivity contribution in [2.24, 2.45) is 0 Å². The maximum Gasteiger partial charge on any atom is 0.224 e. The first-order chi connectivity index (χ1) is 17.5. The summed E-state index contributed by atoms with van der Waals surface area (Å²) in [5, 5.41) is 8.16. The number of ketones is 1. The molecule has 2 N–H and O–H groups in total. The van der Waals surface area contributed by atoms with E-state index in [-0.39, 0.29) is 23.2 Å². The summed E-state index contributed by atoms with van der Waals surface area (Å²) in [6, 6.07) is 9.69. The van der Waals surface area contributed by atoms with Gasteiger partial charge in [0, 0.05) is 47.2 Å². The van der Waals surface area contributed by atoms with E-state index in [9.17, 15) is 9.18 Å². The van der Waals surface area contributed by atoms with Crippen molar-refractivity contribution in [2.75, 3.05) is 5.32 Å². The predicted octanol–water partition coefficient (Wildman–Crippen LogP) is 6.28. The molecule has 6 nitrogen and oxygen atoms in total. The number of hydrogen-bond donors (Lipinski definition) is 2. The van der Waals surface area contributed by atoms with Gasteiger partial charge in [-0.15, -0.1) is 0 Å². The quantitative estimate of drug-likeness (QED) is 0.441. The number of nitrogens with one attached hydrogen (secondary N) is 2. The van der Waals surface area contributed by atoms with Crippen molar-refractivity contribution >= 4 is 22.8 Å². The van der Waals surface area contributed by atoms with Crippen LogP contribution in [0.3, 0.4) is 0 Å². The molecule has 1 aliphatic heterocycles. The maximum atomic E-state index is 14.1. The number of carbonyl (C=O) groups excluding carboxylic acids is 1. The highest BCUT2D eigenvalue weighted by molar-refractivity contribution is 6.00. The number of benzene rings is 1. The third kappa shape index (κ3) is 4.32. The zero-order valence-corrected chi connectivity index (χ0v) is 21.1. The van der Waals surface area contributed by atoms with Crippen molar-refractivity contribution in [1.29, 1.82) is 0 Å². The lowest BCUT2D eigenvalue weighted by atomic mass is 9.75. The van der Waals surface area contributed by atoms with Gasteiger partial charge in [0.2, 0.25) is 5.95 Å². The molecular formula is C29H36FN5O. The molecule has 0 bridgehead atoms. The molecule has 6 rings (SSSR count). The average molecular weight is 490 g/mol. The van der Waals surface area contributed by atoms with Crippen LogP contribution in [0.2, 0.25) is 0 Å². The minimum absolute atomic E-state index is 0.0122. The van der Waals surface area contributed by atoms with Crippen LogP contribution < -0.4 is 10.6 Å². The van der Waals surface area contributed by atoms with Crippen LogP contribution in [-0.4, -0.2) is 32.4 Å². The van der Waals surface area contributed by atoms with E-state index in [1.54, 1.807) is 6.07 Å². The first-order valence-corrected chi connectivity index (χ1v) is 13.7. The zero-order valence-electron chi connectivity index (χ0n) is 21.1. The Bertz CT molecular complexity index is 1260. The number of nitrogens with zero attached hydrogens (tertiary/aromatic N) is 3. The standard InChI is InChI=1S/C29H36FN5O/c1-19(23-7-3-4-8-24(23)30)32-21-9-11-22(12-10-21)33-28-31-18-20-17-25-26(36)13-16-29(14-5-2-6-15-29)35(25)27(20)34-28/h3-4,7-8,17-19,21-22,32H,2,5-6,9-16H2,1H3,(H,31,33,34). The molecule has 3 aromatic rings. The van der Waals surface area contributed by atoms with Crippen molar-refractivity contribution in [3.8, 4) is 0 Å². The Labute approximate surface area is 212 Å². The first kappa shape index (κ1) is 23.6. The number of aromatic nitrogens is 3. The molecule has 7 heteroatoms. The van der Waals surface area contributed by atoms with Crippen molar-refractivity contribution in [2.45, 2.75) is 101 Å². The van der Waals surface area contributed by atoms with E-state index >= 15 is 0 Å². The summed E-state index contributed by atoms with van der Waals surface area (Å²) < 4.78 is 16.4. The van der Waals surface area contributed by atoms with Crippen LogP contribution in [-0.2, 0) is 5.54 Å². The van der Waals surface area contributed by atoms with E-state index in [1.807, 2.05) is 31.3 Å². The summed E-state index contributed by atoms with van der Waals surface area (Å²) in [5.74, 6) is 0.738. The van der Waals surface area contributed by atoms with Crippen LogP contribution in [0.25, 0.3) is 11.0 Å². The molecular weight excluding hydrogens is 453 g/mol. The second kappa shape index (κ2) is 9.58. The van der Waals surface area contributed by atoms with E-state index < -0.39 is 0 Å². The van der Waals surface area contributed by atoms with Crippen LogP contribution in [0.15, 0.2) is 36.5 Å².